The number of benzene rings is 1. The van der Waals surface area contributed by atoms with Crippen LogP contribution in [-0.2, 0) is 11.2 Å². The predicted molar refractivity (Wildman–Crippen MR) is 71.3 cm³/mol. The van der Waals surface area contributed by atoms with Gasteiger partial charge in [-0.3, -0.25) is 4.79 Å². The van der Waals surface area contributed by atoms with Crippen LogP contribution in [0.15, 0.2) is 18.2 Å². The van der Waals surface area contributed by atoms with Crippen LogP contribution in [-0.4, -0.2) is 37.8 Å². The zero-order valence-corrected chi connectivity index (χ0v) is 11.0. The van der Waals surface area contributed by atoms with E-state index < -0.39 is 12.0 Å². The van der Waals surface area contributed by atoms with Gasteiger partial charge in [0.1, 0.15) is 11.8 Å². The maximum atomic E-state index is 10.9. The molecule has 0 heterocycles. The first-order valence-corrected chi connectivity index (χ1v) is 5.93. The van der Waals surface area contributed by atoms with Crippen molar-refractivity contribution in [1.29, 1.82) is 0 Å². The Labute approximate surface area is 107 Å². The van der Waals surface area contributed by atoms with E-state index in [1.54, 1.807) is 14.2 Å². The number of aryl methyl sites for hydroxylation is 1. The van der Waals surface area contributed by atoms with Crippen LogP contribution in [0.4, 0.5) is 5.69 Å². The van der Waals surface area contributed by atoms with Crippen molar-refractivity contribution in [3.63, 3.8) is 0 Å². The molecule has 0 bridgehead atoms. The molecule has 0 fully saturated rings. The van der Waals surface area contributed by atoms with Gasteiger partial charge in [0, 0.05) is 12.2 Å². The molecule has 1 unspecified atom stereocenters. The van der Waals surface area contributed by atoms with Crippen molar-refractivity contribution in [2.24, 2.45) is 0 Å². The highest BCUT2D eigenvalue weighted by Gasteiger charge is 2.14. The number of hydrogen-bond acceptors (Lipinski definition) is 4. The average Bonchev–Trinajstić information content (AvgIpc) is 2.38. The van der Waals surface area contributed by atoms with Gasteiger partial charge >= 0.3 is 5.97 Å². The van der Waals surface area contributed by atoms with E-state index in [0.717, 1.165) is 23.4 Å². The number of aliphatic carboxylic acids is 1. The molecule has 0 amide bonds. The zero-order chi connectivity index (χ0) is 13.5. The lowest BCUT2D eigenvalue weighted by Crippen LogP contribution is -2.39. The molecule has 0 aliphatic carbocycles. The van der Waals surface area contributed by atoms with E-state index in [-0.39, 0.29) is 0 Å². The lowest BCUT2D eigenvalue weighted by Gasteiger charge is -2.15. The number of nitrogens with one attached hydrogen (secondary N) is 2. The Morgan fingerprint density at radius 1 is 1.50 bits per heavy atom. The molecule has 0 aliphatic rings. The van der Waals surface area contributed by atoms with Crippen molar-refractivity contribution >= 4 is 11.7 Å². The van der Waals surface area contributed by atoms with Gasteiger partial charge in [-0.15, -0.1) is 0 Å². The minimum Gasteiger partial charge on any atom is -0.496 e. The smallest absolute Gasteiger partial charge is 0.322 e. The number of likely N-dealkylation sites (N-methyl/N-ethyl adjacent to an activating group) is 1. The SMILES string of the molecule is CCc1cc(NCC(NC)C(=O)O)ccc1OC. The van der Waals surface area contributed by atoms with Gasteiger partial charge in [0.05, 0.1) is 7.11 Å². The van der Waals surface area contributed by atoms with Crippen LogP contribution in [0.25, 0.3) is 0 Å². The van der Waals surface area contributed by atoms with Crippen molar-refractivity contribution < 1.29 is 14.6 Å². The highest BCUT2D eigenvalue weighted by Crippen LogP contribution is 2.22. The van der Waals surface area contributed by atoms with Crippen LogP contribution in [0.1, 0.15) is 12.5 Å². The molecule has 0 radical (unpaired) electrons. The van der Waals surface area contributed by atoms with Gasteiger partial charge in [-0.2, -0.15) is 0 Å². The maximum absolute atomic E-state index is 10.9. The second kappa shape index (κ2) is 6.86. The van der Waals surface area contributed by atoms with E-state index in [4.69, 9.17) is 9.84 Å². The van der Waals surface area contributed by atoms with Crippen LogP contribution >= 0.6 is 0 Å². The first kappa shape index (κ1) is 14.3. The summed E-state index contributed by atoms with van der Waals surface area (Å²) in [7, 11) is 3.27. The normalized spacial score (nSPS) is 11.9. The third-order valence-electron chi connectivity index (χ3n) is 2.82. The Morgan fingerprint density at radius 3 is 2.72 bits per heavy atom. The average molecular weight is 252 g/mol. The Bertz CT molecular complexity index is 407. The van der Waals surface area contributed by atoms with Crippen molar-refractivity contribution in [2.75, 3.05) is 26.0 Å². The summed E-state index contributed by atoms with van der Waals surface area (Å²) in [6.45, 7) is 2.39. The first-order valence-electron chi connectivity index (χ1n) is 5.93. The molecule has 100 valence electrons. The highest BCUT2D eigenvalue weighted by atomic mass is 16.5. The van der Waals surface area contributed by atoms with Crippen molar-refractivity contribution in [2.45, 2.75) is 19.4 Å². The summed E-state index contributed by atoms with van der Waals surface area (Å²) < 4.78 is 5.24. The van der Waals surface area contributed by atoms with Gasteiger partial charge < -0.3 is 20.5 Å². The predicted octanol–water partition coefficient (Wildman–Crippen LogP) is 1.34. The minimum absolute atomic E-state index is 0.335. The number of rotatable bonds is 7. The molecule has 1 aromatic rings. The fourth-order valence-electron chi connectivity index (χ4n) is 1.70. The van der Waals surface area contributed by atoms with Crippen molar-refractivity contribution in [1.82, 2.24) is 5.32 Å². The number of hydrogen-bond donors (Lipinski definition) is 3. The van der Waals surface area contributed by atoms with Crippen LogP contribution in [0, 0.1) is 0 Å². The molecule has 0 saturated heterocycles. The molecular weight excluding hydrogens is 232 g/mol. The summed E-state index contributed by atoms with van der Waals surface area (Å²) in [6.07, 6.45) is 0.868. The van der Waals surface area contributed by atoms with E-state index in [1.807, 2.05) is 18.2 Å². The fraction of sp³-hybridized carbons (Fsp3) is 0.462. The molecule has 0 spiro atoms. The van der Waals surface area contributed by atoms with Gasteiger partial charge in [-0.25, -0.2) is 0 Å². The van der Waals surface area contributed by atoms with Gasteiger partial charge in [0.2, 0.25) is 0 Å². The summed E-state index contributed by atoms with van der Waals surface area (Å²) in [5.41, 5.74) is 1.99. The molecule has 1 aromatic carbocycles. The summed E-state index contributed by atoms with van der Waals surface area (Å²) >= 11 is 0. The second-order valence-corrected chi connectivity index (χ2v) is 3.94. The molecule has 1 rings (SSSR count). The molecule has 0 saturated carbocycles. The standard InChI is InChI=1S/C13H20N2O3/c1-4-9-7-10(5-6-12(9)18-3)15-8-11(14-2)13(16)17/h5-7,11,14-15H,4,8H2,1-3H3,(H,16,17). The topological polar surface area (TPSA) is 70.6 Å². The van der Waals surface area contributed by atoms with Crippen LogP contribution < -0.4 is 15.4 Å². The van der Waals surface area contributed by atoms with E-state index in [9.17, 15) is 4.79 Å². The number of anilines is 1. The van der Waals surface area contributed by atoms with E-state index in [2.05, 4.69) is 17.6 Å². The van der Waals surface area contributed by atoms with E-state index >= 15 is 0 Å². The fourth-order valence-corrected chi connectivity index (χ4v) is 1.70. The van der Waals surface area contributed by atoms with Gasteiger partial charge in [-0.1, -0.05) is 6.92 Å². The summed E-state index contributed by atoms with van der Waals surface area (Å²) in [5.74, 6) is -0.0133. The molecule has 0 aromatic heterocycles. The Hall–Kier alpha value is -1.75. The number of carboxylic acids is 1. The third-order valence-corrected chi connectivity index (χ3v) is 2.82. The highest BCUT2D eigenvalue weighted by molar-refractivity contribution is 5.74. The van der Waals surface area contributed by atoms with E-state index in [0.29, 0.717) is 6.54 Å². The quantitative estimate of drug-likeness (QED) is 0.683. The van der Waals surface area contributed by atoms with Crippen molar-refractivity contribution in [3.05, 3.63) is 23.8 Å². The molecule has 18 heavy (non-hydrogen) atoms. The lowest BCUT2D eigenvalue weighted by atomic mass is 10.1. The molecule has 5 heteroatoms. The minimum atomic E-state index is -0.866. The molecule has 0 aliphatic heterocycles. The van der Waals surface area contributed by atoms with Gasteiger partial charge in [0.25, 0.3) is 0 Å². The number of carboxylic acid groups (broad SMARTS) is 1. The maximum Gasteiger partial charge on any atom is 0.322 e. The number of methoxy groups -OCH3 is 1. The lowest BCUT2D eigenvalue weighted by molar-refractivity contribution is -0.138. The largest absolute Gasteiger partial charge is 0.496 e. The van der Waals surface area contributed by atoms with Crippen LogP contribution in [0.2, 0.25) is 0 Å². The molecule has 1 atom stereocenters. The first-order chi connectivity index (χ1) is 8.62. The summed E-state index contributed by atoms with van der Waals surface area (Å²) in [6, 6.07) is 5.15. The number of carbonyl (C=O) groups is 1. The Kier molecular flexibility index (Phi) is 5.45. The second-order valence-electron chi connectivity index (χ2n) is 3.94. The molecule has 3 N–H and O–H groups in total. The molecular formula is C13H20N2O3. The monoisotopic (exact) mass is 252 g/mol. The van der Waals surface area contributed by atoms with Crippen molar-refractivity contribution in [3.8, 4) is 5.75 Å². The van der Waals surface area contributed by atoms with Crippen LogP contribution in [0.3, 0.4) is 0 Å². The third kappa shape index (κ3) is 3.63. The summed E-state index contributed by atoms with van der Waals surface area (Å²) in [5, 5.41) is 14.8. The Morgan fingerprint density at radius 2 is 2.22 bits per heavy atom. The van der Waals surface area contributed by atoms with Gasteiger partial charge in [-0.05, 0) is 37.2 Å². The van der Waals surface area contributed by atoms with E-state index in [1.165, 1.54) is 0 Å². The van der Waals surface area contributed by atoms with Gasteiger partial charge in [0.15, 0.2) is 0 Å². The molecule has 5 nitrogen and oxygen atoms in total. The van der Waals surface area contributed by atoms with Crippen LogP contribution in [0.5, 0.6) is 5.75 Å². The summed E-state index contributed by atoms with van der Waals surface area (Å²) in [4.78, 5) is 10.9. The Balaban J connectivity index is 2.70. The number of ether oxygens (including phenoxy) is 1. The zero-order valence-electron chi connectivity index (χ0n) is 11.0.